The summed E-state index contributed by atoms with van der Waals surface area (Å²) in [5.41, 5.74) is 8.95. The minimum atomic E-state index is -0.156. The first-order valence-electron chi connectivity index (χ1n) is 6.19. The van der Waals surface area contributed by atoms with Crippen molar-refractivity contribution in [1.82, 2.24) is 15.0 Å². The normalized spacial score (nSPS) is 12.5. The Bertz CT molecular complexity index is 682. The summed E-state index contributed by atoms with van der Waals surface area (Å²) in [6.07, 6.45) is 3.89. The summed E-state index contributed by atoms with van der Waals surface area (Å²) in [6.45, 7) is 0. The maximum absolute atomic E-state index is 6.14. The van der Waals surface area contributed by atoms with Crippen molar-refractivity contribution in [2.75, 3.05) is 0 Å². The third-order valence-electron chi connectivity index (χ3n) is 3.07. The molecule has 94 valence electrons. The van der Waals surface area contributed by atoms with Gasteiger partial charge in [0.2, 0.25) is 0 Å². The van der Waals surface area contributed by atoms with Gasteiger partial charge in [-0.15, -0.1) is 0 Å². The topological polar surface area (TPSA) is 64.7 Å². The van der Waals surface area contributed by atoms with Gasteiger partial charge in [-0.3, -0.25) is 4.98 Å². The molecular formula is C15H14N4. The molecular weight excluding hydrogens is 236 g/mol. The van der Waals surface area contributed by atoms with E-state index in [1.165, 1.54) is 6.33 Å². The molecule has 0 saturated heterocycles. The van der Waals surface area contributed by atoms with Crippen LogP contribution in [0.1, 0.15) is 17.4 Å². The van der Waals surface area contributed by atoms with Crippen molar-refractivity contribution in [3.63, 3.8) is 0 Å². The van der Waals surface area contributed by atoms with Gasteiger partial charge in [0.05, 0.1) is 17.3 Å². The van der Waals surface area contributed by atoms with Crippen LogP contribution >= 0.6 is 0 Å². The Labute approximate surface area is 111 Å². The highest BCUT2D eigenvalue weighted by atomic mass is 14.9. The van der Waals surface area contributed by atoms with Gasteiger partial charge >= 0.3 is 0 Å². The Morgan fingerprint density at radius 3 is 2.79 bits per heavy atom. The number of para-hydroxylation sites is 1. The zero-order valence-corrected chi connectivity index (χ0v) is 10.4. The molecule has 0 radical (unpaired) electrons. The Kier molecular flexibility index (Phi) is 3.16. The van der Waals surface area contributed by atoms with Gasteiger partial charge in [0, 0.05) is 23.7 Å². The molecule has 19 heavy (non-hydrogen) atoms. The fourth-order valence-corrected chi connectivity index (χ4v) is 2.07. The molecule has 0 aliphatic heterocycles. The van der Waals surface area contributed by atoms with E-state index in [1.54, 1.807) is 6.20 Å². The summed E-state index contributed by atoms with van der Waals surface area (Å²) in [5, 5.41) is 1.14. The zero-order chi connectivity index (χ0) is 13.1. The molecule has 3 aromatic rings. The average molecular weight is 250 g/mol. The van der Waals surface area contributed by atoms with E-state index < -0.39 is 0 Å². The number of nitrogens with zero attached hydrogens (tertiary/aromatic N) is 3. The van der Waals surface area contributed by atoms with Gasteiger partial charge in [-0.2, -0.15) is 0 Å². The van der Waals surface area contributed by atoms with Crippen LogP contribution in [-0.2, 0) is 6.42 Å². The summed E-state index contributed by atoms with van der Waals surface area (Å²) in [4.78, 5) is 12.7. The van der Waals surface area contributed by atoms with E-state index in [-0.39, 0.29) is 6.04 Å². The number of hydrogen-bond acceptors (Lipinski definition) is 4. The molecule has 1 atom stereocenters. The number of fused-ring (bicyclic) bond motifs is 1. The highest BCUT2D eigenvalue weighted by molar-refractivity contribution is 5.78. The third kappa shape index (κ3) is 2.58. The molecule has 0 saturated carbocycles. The number of aromatic nitrogens is 3. The fraction of sp³-hybridized carbons (Fsp3) is 0.133. The molecule has 1 aromatic carbocycles. The predicted octanol–water partition coefficient (Wildman–Crippen LogP) is 2.27. The second kappa shape index (κ2) is 5.12. The SMILES string of the molecule is NC(Cc1ccc2ccccc2n1)c1ccncn1. The summed E-state index contributed by atoms with van der Waals surface area (Å²) in [7, 11) is 0. The van der Waals surface area contributed by atoms with Crippen LogP contribution in [0.5, 0.6) is 0 Å². The summed E-state index contributed by atoms with van der Waals surface area (Å²) in [6, 6.07) is 13.8. The Morgan fingerprint density at radius 1 is 1.05 bits per heavy atom. The second-order valence-corrected chi connectivity index (χ2v) is 4.44. The maximum Gasteiger partial charge on any atom is 0.115 e. The van der Waals surface area contributed by atoms with Crippen molar-refractivity contribution < 1.29 is 0 Å². The quantitative estimate of drug-likeness (QED) is 0.774. The van der Waals surface area contributed by atoms with Gasteiger partial charge in [-0.05, 0) is 18.2 Å². The van der Waals surface area contributed by atoms with E-state index in [9.17, 15) is 0 Å². The molecule has 1 unspecified atom stereocenters. The highest BCUT2D eigenvalue weighted by Crippen LogP contribution is 2.16. The molecule has 2 heterocycles. The van der Waals surface area contributed by atoms with Crippen molar-refractivity contribution in [2.24, 2.45) is 5.73 Å². The first-order chi connectivity index (χ1) is 9.33. The molecule has 0 amide bonds. The van der Waals surface area contributed by atoms with E-state index in [0.29, 0.717) is 6.42 Å². The Hall–Kier alpha value is -2.33. The second-order valence-electron chi connectivity index (χ2n) is 4.44. The van der Waals surface area contributed by atoms with Crippen molar-refractivity contribution in [2.45, 2.75) is 12.5 Å². The molecule has 0 aliphatic carbocycles. The summed E-state index contributed by atoms with van der Waals surface area (Å²) >= 11 is 0. The molecule has 4 nitrogen and oxygen atoms in total. The molecule has 0 bridgehead atoms. The molecule has 4 heteroatoms. The first kappa shape index (κ1) is 11.7. The first-order valence-corrected chi connectivity index (χ1v) is 6.19. The van der Waals surface area contributed by atoms with Crippen LogP contribution < -0.4 is 5.73 Å². The molecule has 0 fully saturated rings. The van der Waals surface area contributed by atoms with Crippen LogP contribution in [0.4, 0.5) is 0 Å². The highest BCUT2D eigenvalue weighted by Gasteiger charge is 2.09. The maximum atomic E-state index is 6.14. The van der Waals surface area contributed by atoms with Crippen LogP contribution in [-0.4, -0.2) is 15.0 Å². The van der Waals surface area contributed by atoms with Crippen molar-refractivity contribution in [3.8, 4) is 0 Å². The van der Waals surface area contributed by atoms with Gasteiger partial charge in [-0.1, -0.05) is 24.3 Å². The molecule has 3 rings (SSSR count). The van der Waals surface area contributed by atoms with Crippen molar-refractivity contribution in [3.05, 3.63) is 66.4 Å². The third-order valence-corrected chi connectivity index (χ3v) is 3.07. The van der Waals surface area contributed by atoms with Crippen LogP contribution in [0, 0.1) is 0 Å². The lowest BCUT2D eigenvalue weighted by Gasteiger charge is -2.10. The monoisotopic (exact) mass is 250 g/mol. The van der Waals surface area contributed by atoms with E-state index in [0.717, 1.165) is 22.3 Å². The van der Waals surface area contributed by atoms with Gasteiger partial charge in [0.25, 0.3) is 0 Å². The van der Waals surface area contributed by atoms with Gasteiger partial charge < -0.3 is 5.73 Å². The number of benzene rings is 1. The minimum Gasteiger partial charge on any atom is -0.322 e. The summed E-state index contributed by atoms with van der Waals surface area (Å²) < 4.78 is 0. The van der Waals surface area contributed by atoms with Gasteiger partial charge in [-0.25, -0.2) is 9.97 Å². The van der Waals surface area contributed by atoms with Gasteiger partial charge in [0.1, 0.15) is 6.33 Å². The van der Waals surface area contributed by atoms with Gasteiger partial charge in [0.15, 0.2) is 0 Å². The smallest absolute Gasteiger partial charge is 0.115 e. The minimum absolute atomic E-state index is 0.156. The van der Waals surface area contributed by atoms with E-state index in [1.807, 2.05) is 30.3 Å². The number of nitrogens with two attached hydrogens (primary N) is 1. The lowest BCUT2D eigenvalue weighted by atomic mass is 10.1. The Morgan fingerprint density at radius 2 is 1.95 bits per heavy atom. The lowest BCUT2D eigenvalue weighted by molar-refractivity contribution is 0.682. The van der Waals surface area contributed by atoms with Crippen LogP contribution in [0.15, 0.2) is 55.0 Å². The number of hydrogen-bond donors (Lipinski definition) is 1. The predicted molar refractivity (Wildman–Crippen MR) is 74.4 cm³/mol. The van der Waals surface area contributed by atoms with Crippen LogP contribution in [0.3, 0.4) is 0 Å². The zero-order valence-electron chi connectivity index (χ0n) is 10.4. The molecule has 0 aliphatic rings. The van der Waals surface area contributed by atoms with Crippen molar-refractivity contribution >= 4 is 10.9 Å². The molecule has 2 aromatic heterocycles. The van der Waals surface area contributed by atoms with Crippen molar-refractivity contribution in [1.29, 1.82) is 0 Å². The molecule has 2 N–H and O–H groups in total. The number of rotatable bonds is 3. The molecule has 0 spiro atoms. The van der Waals surface area contributed by atoms with E-state index in [4.69, 9.17) is 5.73 Å². The Balaban J connectivity index is 1.85. The number of pyridine rings is 1. The fourth-order valence-electron chi connectivity index (χ4n) is 2.07. The van der Waals surface area contributed by atoms with E-state index in [2.05, 4.69) is 27.1 Å². The average Bonchev–Trinajstić information content (AvgIpc) is 2.48. The lowest BCUT2D eigenvalue weighted by Crippen LogP contribution is -2.15. The van der Waals surface area contributed by atoms with E-state index >= 15 is 0 Å². The van der Waals surface area contributed by atoms with Crippen LogP contribution in [0.25, 0.3) is 10.9 Å². The van der Waals surface area contributed by atoms with Crippen LogP contribution in [0.2, 0.25) is 0 Å². The standard InChI is InChI=1S/C15H14N4/c16-13(15-7-8-17-10-18-15)9-12-6-5-11-3-1-2-4-14(11)19-12/h1-8,10,13H,9,16H2. The summed E-state index contributed by atoms with van der Waals surface area (Å²) in [5.74, 6) is 0. The largest absolute Gasteiger partial charge is 0.322 e.